The summed E-state index contributed by atoms with van der Waals surface area (Å²) in [6, 6.07) is 0. The van der Waals surface area contributed by atoms with Crippen LogP contribution in [0.25, 0.3) is 0 Å². The number of rotatable bonds is 4. The maximum absolute atomic E-state index is 12.5. The topological polar surface area (TPSA) is 78.9 Å². The van der Waals surface area contributed by atoms with Gasteiger partial charge in [0.2, 0.25) is 0 Å². The third-order valence-electron chi connectivity index (χ3n) is 6.10. The summed E-state index contributed by atoms with van der Waals surface area (Å²) in [5.74, 6) is -2.82. The Morgan fingerprint density at radius 1 is 1.23 bits per heavy atom. The van der Waals surface area contributed by atoms with Gasteiger partial charge in [-0.05, 0) is 6.42 Å². The van der Waals surface area contributed by atoms with E-state index in [2.05, 4.69) is 19.7 Å². The van der Waals surface area contributed by atoms with E-state index in [0.29, 0.717) is 6.42 Å². The standard InChI is InChI=1S/C20H24O6/c1-7-9(3)17(21)26-16-15-12(10(4)18(22)25-15)14-13(20(16,6)8-2)11(5)19(23)24-14/h8-9,12-16H,2,4-5,7H2,1,3,6H3/t9-,12+,13+,14-,15+,16+,20-/m1/s1. The maximum Gasteiger partial charge on any atom is 0.334 e. The minimum Gasteiger partial charge on any atom is -0.458 e. The molecule has 0 aromatic rings. The molecule has 6 nitrogen and oxygen atoms in total. The number of carbonyl (C=O) groups excluding carboxylic acids is 3. The van der Waals surface area contributed by atoms with Gasteiger partial charge in [0.15, 0.2) is 6.10 Å². The zero-order chi connectivity index (χ0) is 19.4. The third-order valence-corrected chi connectivity index (χ3v) is 6.10. The van der Waals surface area contributed by atoms with Crippen LogP contribution in [0.1, 0.15) is 27.2 Å². The quantitative estimate of drug-likeness (QED) is 0.331. The second-order valence-electron chi connectivity index (χ2n) is 7.53. The summed E-state index contributed by atoms with van der Waals surface area (Å²) in [5, 5.41) is 0. The fraction of sp³-hybridized carbons (Fsp3) is 0.550. The van der Waals surface area contributed by atoms with Crippen LogP contribution in [0.15, 0.2) is 37.0 Å². The molecule has 140 valence electrons. The Hall–Kier alpha value is -2.37. The molecular formula is C20H24O6. The minimum atomic E-state index is -0.872. The van der Waals surface area contributed by atoms with Crippen LogP contribution in [0.3, 0.4) is 0 Å². The summed E-state index contributed by atoms with van der Waals surface area (Å²) in [6.45, 7) is 17.1. The highest BCUT2D eigenvalue weighted by Crippen LogP contribution is 2.57. The number of hydrogen-bond donors (Lipinski definition) is 0. The van der Waals surface area contributed by atoms with Gasteiger partial charge < -0.3 is 14.2 Å². The predicted molar refractivity (Wildman–Crippen MR) is 92.7 cm³/mol. The molecule has 7 atom stereocenters. The molecule has 1 saturated carbocycles. The van der Waals surface area contributed by atoms with Crippen LogP contribution in [0.2, 0.25) is 0 Å². The lowest BCUT2D eigenvalue weighted by atomic mass is 9.58. The molecule has 2 heterocycles. The minimum absolute atomic E-state index is 0.225. The van der Waals surface area contributed by atoms with E-state index in [4.69, 9.17) is 14.2 Å². The van der Waals surface area contributed by atoms with Crippen LogP contribution < -0.4 is 0 Å². The first-order chi connectivity index (χ1) is 12.2. The van der Waals surface area contributed by atoms with Crippen molar-refractivity contribution in [3.05, 3.63) is 37.0 Å². The average molecular weight is 360 g/mol. The van der Waals surface area contributed by atoms with Gasteiger partial charge in [0.1, 0.15) is 12.2 Å². The van der Waals surface area contributed by atoms with Gasteiger partial charge in [0.05, 0.1) is 11.8 Å². The first-order valence-electron chi connectivity index (χ1n) is 8.81. The van der Waals surface area contributed by atoms with Crippen LogP contribution in [-0.4, -0.2) is 36.2 Å². The Kier molecular flexibility index (Phi) is 4.33. The lowest BCUT2D eigenvalue weighted by Crippen LogP contribution is -2.59. The van der Waals surface area contributed by atoms with E-state index in [-0.39, 0.29) is 23.0 Å². The van der Waals surface area contributed by atoms with Gasteiger partial charge in [-0.2, -0.15) is 0 Å². The van der Waals surface area contributed by atoms with Crippen LogP contribution in [0.5, 0.6) is 0 Å². The van der Waals surface area contributed by atoms with Gasteiger partial charge in [-0.15, -0.1) is 6.58 Å². The highest BCUT2D eigenvalue weighted by Gasteiger charge is 2.67. The van der Waals surface area contributed by atoms with E-state index in [1.807, 2.05) is 13.8 Å². The monoisotopic (exact) mass is 360 g/mol. The van der Waals surface area contributed by atoms with Crippen molar-refractivity contribution in [2.75, 3.05) is 0 Å². The molecule has 2 aliphatic heterocycles. The summed E-state index contributed by atoms with van der Waals surface area (Å²) < 4.78 is 16.8. The second kappa shape index (κ2) is 6.11. The summed E-state index contributed by atoms with van der Waals surface area (Å²) in [5.41, 5.74) is -0.362. The van der Waals surface area contributed by atoms with Crippen molar-refractivity contribution in [3.8, 4) is 0 Å². The number of esters is 3. The van der Waals surface area contributed by atoms with Crippen LogP contribution in [-0.2, 0) is 28.6 Å². The molecule has 3 fully saturated rings. The normalized spacial score (nSPS) is 39.6. The lowest BCUT2D eigenvalue weighted by Gasteiger charge is -2.49. The maximum atomic E-state index is 12.5. The van der Waals surface area contributed by atoms with E-state index in [1.54, 1.807) is 13.0 Å². The molecule has 0 aromatic heterocycles. The fourth-order valence-corrected chi connectivity index (χ4v) is 4.22. The Morgan fingerprint density at radius 3 is 2.38 bits per heavy atom. The highest BCUT2D eigenvalue weighted by atomic mass is 16.6. The molecule has 0 bridgehead atoms. The molecule has 0 amide bonds. The smallest absolute Gasteiger partial charge is 0.334 e. The molecule has 26 heavy (non-hydrogen) atoms. The molecule has 3 aliphatic rings. The largest absolute Gasteiger partial charge is 0.458 e. The van der Waals surface area contributed by atoms with Crippen molar-refractivity contribution in [2.24, 2.45) is 23.2 Å². The van der Waals surface area contributed by atoms with E-state index >= 15 is 0 Å². The highest BCUT2D eigenvalue weighted by molar-refractivity contribution is 5.94. The van der Waals surface area contributed by atoms with Gasteiger partial charge in [-0.1, -0.05) is 40.0 Å². The molecule has 1 aliphatic carbocycles. The molecule has 6 heteroatoms. The van der Waals surface area contributed by atoms with Crippen molar-refractivity contribution in [1.82, 2.24) is 0 Å². The molecule has 0 spiro atoms. The van der Waals surface area contributed by atoms with Crippen LogP contribution in [0, 0.1) is 23.2 Å². The van der Waals surface area contributed by atoms with E-state index in [0.717, 1.165) is 0 Å². The summed E-state index contributed by atoms with van der Waals surface area (Å²) in [6.07, 6.45) is 0.0445. The first-order valence-corrected chi connectivity index (χ1v) is 8.81. The van der Waals surface area contributed by atoms with Crippen molar-refractivity contribution in [2.45, 2.75) is 45.5 Å². The van der Waals surface area contributed by atoms with Gasteiger partial charge in [-0.25, -0.2) is 9.59 Å². The zero-order valence-electron chi connectivity index (χ0n) is 15.3. The molecule has 3 rings (SSSR count). The Balaban J connectivity index is 2.08. The first kappa shape index (κ1) is 18.4. The van der Waals surface area contributed by atoms with E-state index in [1.165, 1.54) is 0 Å². The number of ether oxygens (including phenoxy) is 3. The van der Waals surface area contributed by atoms with Crippen molar-refractivity contribution < 1.29 is 28.6 Å². The third kappa shape index (κ3) is 2.35. The lowest BCUT2D eigenvalue weighted by molar-refractivity contribution is -0.193. The number of hydrogen-bond acceptors (Lipinski definition) is 6. The Labute approximate surface area is 152 Å². The van der Waals surface area contributed by atoms with Crippen LogP contribution >= 0.6 is 0 Å². The fourth-order valence-electron chi connectivity index (χ4n) is 4.22. The summed E-state index contributed by atoms with van der Waals surface area (Å²) in [7, 11) is 0. The number of carbonyl (C=O) groups is 3. The van der Waals surface area contributed by atoms with Crippen molar-refractivity contribution in [3.63, 3.8) is 0 Å². The Bertz CT molecular complexity index is 722. The molecule has 0 radical (unpaired) electrons. The van der Waals surface area contributed by atoms with Crippen molar-refractivity contribution in [1.29, 1.82) is 0 Å². The van der Waals surface area contributed by atoms with Gasteiger partial charge >= 0.3 is 17.9 Å². The summed E-state index contributed by atoms with van der Waals surface area (Å²) >= 11 is 0. The number of fused-ring (bicyclic) bond motifs is 3. The van der Waals surface area contributed by atoms with Crippen molar-refractivity contribution >= 4 is 17.9 Å². The molecule has 0 aromatic carbocycles. The predicted octanol–water partition coefficient (Wildman–Crippen LogP) is 2.35. The zero-order valence-corrected chi connectivity index (χ0v) is 15.3. The SMILES string of the molecule is C=C[C@@]1(C)[C@@H](OC(=O)[C@H](C)CC)[C@H]2OC(=O)C(=C)[C@H]2[C@H]2OC(=O)C(=C)[C@@H]21. The average Bonchev–Trinajstić information content (AvgIpc) is 3.07. The molecular weight excluding hydrogens is 336 g/mol. The molecule has 2 saturated heterocycles. The Morgan fingerprint density at radius 2 is 1.81 bits per heavy atom. The van der Waals surface area contributed by atoms with Gasteiger partial charge in [-0.3, -0.25) is 4.79 Å². The van der Waals surface area contributed by atoms with E-state index in [9.17, 15) is 14.4 Å². The molecule has 0 N–H and O–H groups in total. The second-order valence-corrected chi connectivity index (χ2v) is 7.53. The van der Waals surface area contributed by atoms with Gasteiger partial charge in [0, 0.05) is 22.5 Å². The van der Waals surface area contributed by atoms with Gasteiger partial charge in [0.25, 0.3) is 0 Å². The van der Waals surface area contributed by atoms with E-state index < -0.39 is 47.5 Å². The molecule has 0 unspecified atom stereocenters. The van der Waals surface area contributed by atoms with Crippen LogP contribution in [0.4, 0.5) is 0 Å². The summed E-state index contributed by atoms with van der Waals surface area (Å²) in [4.78, 5) is 36.8.